The van der Waals surface area contributed by atoms with Crippen molar-refractivity contribution >= 4 is 5.97 Å². The van der Waals surface area contributed by atoms with E-state index in [1.54, 1.807) is 24.9 Å². The lowest BCUT2D eigenvalue weighted by Gasteiger charge is -2.07. The Balaban J connectivity index is 2.49. The van der Waals surface area contributed by atoms with Gasteiger partial charge in [-0.25, -0.2) is 9.48 Å². The van der Waals surface area contributed by atoms with E-state index in [0.717, 1.165) is 5.69 Å². The molecule has 0 radical (unpaired) electrons. The highest BCUT2D eigenvalue weighted by atomic mass is 16.5. The quantitative estimate of drug-likeness (QED) is 0.777. The highest BCUT2D eigenvalue weighted by Crippen LogP contribution is 2.22. The number of rotatable bonds is 3. The highest BCUT2D eigenvalue weighted by molar-refractivity contribution is 5.90. The van der Waals surface area contributed by atoms with E-state index in [0.29, 0.717) is 17.0 Å². The molecule has 5 nitrogen and oxygen atoms in total. The molecule has 2 rings (SSSR count). The number of methoxy groups -OCH3 is 2. The van der Waals surface area contributed by atoms with Gasteiger partial charge in [-0.15, -0.1) is 0 Å². The van der Waals surface area contributed by atoms with Crippen molar-refractivity contribution in [1.29, 1.82) is 0 Å². The number of ether oxygens (including phenoxy) is 2. The lowest BCUT2D eigenvalue weighted by atomic mass is 10.2. The SMILES string of the molecule is COC(=O)c1cn(-c2ccccc2OC)nc1C. The molecule has 0 atom stereocenters. The van der Waals surface area contributed by atoms with Crippen LogP contribution in [0, 0.1) is 6.92 Å². The van der Waals surface area contributed by atoms with Crippen LogP contribution in [0.3, 0.4) is 0 Å². The number of hydrogen-bond donors (Lipinski definition) is 0. The van der Waals surface area contributed by atoms with Crippen molar-refractivity contribution in [1.82, 2.24) is 9.78 Å². The molecule has 2 aromatic rings. The Labute approximate surface area is 105 Å². The van der Waals surface area contributed by atoms with Crippen LogP contribution in [0.15, 0.2) is 30.5 Å². The molecule has 0 bridgehead atoms. The number of nitrogens with zero attached hydrogens (tertiary/aromatic N) is 2. The lowest BCUT2D eigenvalue weighted by molar-refractivity contribution is 0.0600. The predicted molar refractivity (Wildman–Crippen MR) is 66.2 cm³/mol. The predicted octanol–water partition coefficient (Wildman–Crippen LogP) is 1.98. The van der Waals surface area contributed by atoms with Gasteiger partial charge in [0.05, 0.1) is 19.9 Å². The minimum atomic E-state index is -0.395. The topological polar surface area (TPSA) is 53.4 Å². The number of esters is 1. The first-order chi connectivity index (χ1) is 8.67. The first kappa shape index (κ1) is 12.2. The van der Waals surface area contributed by atoms with Crippen molar-refractivity contribution in [3.8, 4) is 11.4 Å². The molecule has 94 valence electrons. The Kier molecular flexibility index (Phi) is 3.32. The number of carbonyl (C=O) groups is 1. The van der Waals surface area contributed by atoms with Gasteiger partial charge in [0.2, 0.25) is 0 Å². The third kappa shape index (κ3) is 2.07. The van der Waals surface area contributed by atoms with E-state index >= 15 is 0 Å². The van der Waals surface area contributed by atoms with Crippen LogP contribution in [-0.2, 0) is 4.74 Å². The molecule has 0 unspecified atom stereocenters. The molecule has 0 saturated heterocycles. The molecule has 0 fully saturated rings. The van der Waals surface area contributed by atoms with E-state index in [9.17, 15) is 4.79 Å². The second-order valence-electron chi connectivity index (χ2n) is 3.74. The van der Waals surface area contributed by atoms with Gasteiger partial charge in [0.1, 0.15) is 17.0 Å². The van der Waals surface area contributed by atoms with E-state index in [2.05, 4.69) is 5.10 Å². The van der Waals surface area contributed by atoms with Crippen LogP contribution in [-0.4, -0.2) is 30.0 Å². The van der Waals surface area contributed by atoms with Gasteiger partial charge in [-0.3, -0.25) is 0 Å². The smallest absolute Gasteiger partial charge is 0.341 e. The Morgan fingerprint density at radius 2 is 2.00 bits per heavy atom. The largest absolute Gasteiger partial charge is 0.494 e. The van der Waals surface area contributed by atoms with Crippen LogP contribution in [0.25, 0.3) is 5.69 Å². The van der Waals surface area contributed by atoms with Crippen molar-refractivity contribution in [2.45, 2.75) is 6.92 Å². The molecule has 0 aliphatic carbocycles. The van der Waals surface area contributed by atoms with Gasteiger partial charge in [0.25, 0.3) is 0 Å². The second-order valence-corrected chi connectivity index (χ2v) is 3.74. The molecule has 1 heterocycles. The third-order valence-corrected chi connectivity index (χ3v) is 2.64. The molecule has 0 amide bonds. The zero-order chi connectivity index (χ0) is 13.1. The summed E-state index contributed by atoms with van der Waals surface area (Å²) in [5.41, 5.74) is 1.84. The standard InChI is InChI=1S/C13H14N2O3/c1-9-10(13(16)18-3)8-15(14-9)11-6-4-5-7-12(11)17-2/h4-8H,1-3H3. The van der Waals surface area contributed by atoms with E-state index in [1.807, 2.05) is 24.3 Å². The summed E-state index contributed by atoms with van der Waals surface area (Å²) < 4.78 is 11.6. The van der Waals surface area contributed by atoms with Gasteiger partial charge in [-0.1, -0.05) is 12.1 Å². The molecular weight excluding hydrogens is 232 g/mol. The molecule has 0 N–H and O–H groups in total. The lowest BCUT2D eigenvalue weighted by Crippen LogP contribution is -2.01. The van der Waals surface area contributed by atoms with Crippen LogP contribution < -0.4 is 4.74 Å². The fourth-order valence-electron chi connectivity index (χ4n) is 1.71. The Hall–Kier alpha value is -2.30. The fraction of sp³-hybridized carbons (Fsp3) is 0.231. The Bertz CT molecular complexity index is 575. The summed E-state index contributed by atoms with van der Waals surface area (Å²) in [7, 11) is 2.94. The molecule has 18 heavy (non-hydrogen) atoms. The summed E-state index contributed by atoms with van der Waals surface area (Å²) in [6.45, 7) is 1.76. The van der Waals surface area contributed by atoms with E-state index < -0.39 is 5.97 Å². The monoisotopic (exact) mass is 246 g/mol. The summed E-state index contributed by atoms with van der Waals surface area (Å²) in [6, 6.07) is 7.46. The number of hydrogen-bond acceptors (Lipinski definition) is 4. The van der Waals surface area contributed by atoms with Gasteiger partial charge < -0.3 is 9.47 Å². The van der Waals surface area contributed by atoms with Crippen LogP contribution in [0.1, 0.15) is 16.1 Å². The van der Waals surface area contributed by atoms with E-state index in [-0.39, 0.29) is 0 Å². The van der Waals surface area contributed by atoms with Gasteiger partial charge in [-0.2, -0.15) is 5.10 Å². The molecule has 1 aromatic carbocycles. The zero-order valence-electron chi connectivity index (χ0n) is 10.5. The highest BCUT2D eigenvalue weighted by Gasteiger charge is 2.15. The first-order valence-electron chi connectivity index (χ1n) is 5.45. The summed E-state index contributed by atoms with van der Waals surface area (Å²) in [5, 5.41) is 4.29. The average Bonchev–Trinajstić information content (AvgIpc) is 2.79. The Morgan fingerprint density at radius 1 is 1.28 bits per heavy atom. The number of para-hydroxylation sites is 2. The molecule has 0 aliphatic rings. The summed E-state index contributed by atoms with van der Waals surface area (Å²) in [4.78, 5) is 11.5. The number of carbonyl (C=O) groups excluding carboxylic acids is 1. The second kappa shape index (κ2) is 4.91. The molecule has 5 heteroatoms. The molecular formula is C13H14N2O3. The van der Waals surface area contributed by atoms with Crippen molar-refractivity contribution in [3.63, 3.8) is 0 Å². The van der Waals surface area contributed by atoms with Crippen molar-refractivity contribution < 1.29 is 14.3 Å². The van der Waals surface area contributed by atoms with Crippen LogP contribution in [0.5, 0.6) is 5.75 Å². The van der Waals surface area contributed by atoms with Gasteiger partial charge in [0, 0.05) is 6.20 Å². The maximum Gasteiger partial charge on any atom is 0.341 e. The third-order valence-electron chi connectivity index (χ3n) is 2.64. The van der Waals surface area contributed by atoms with Crippen molar-refractivity contribution in [3.05, 3.63) is 41.7 Å². The van der Waals surface area contributed by atoms with Gasteiger partial charge >= 0.3 is 5.97 Å². The summed E-state index contributed by atoms with van der Waals surface area (Å²) >= 11 is 0. The molecule has 1 aromatic heterocycles. The van der Waals surface area contributed by atoms with E-state index in [1.165, 1.54) is 7.11 Å². The van der Waals surface area contributed by atoms with Gasteiger partial charge in [-0.05, 0) is 19.1 Å². The maximum atomic E-state index is 11.5. The Morgan fingerprint density at radius 3 is 2.67 bits per heavy atom. The maximum absolute atomic E-state index is 11.5. The minimum absolute atomic E-state index is 0.395. The normalized spacial score (nSPS) is 10.2. The molecule has 0 aliphatic heterocycles. The summed E-state index contributed by atoms with van der Waals surface area (Å²) in [6.07, 6.45) is 1.64. The number of aromatic nitrogens is 2. The number of benzene rings is 1. The van der Waals surface area contributed by atoms with E-state index in [4.69, 9.17) is 9.47 Å². The first-order valence-corrected chi connectivity index (χ1v) is 5.45. The zero-order valence-corrected chi connectivity index (χ0v) is 10.5. The fourth-order valence-corrected chi connectivity index (χ4v) is 1.71. The summed E-state index contributed by atoms with van der Waals surface area (Å²) in [5.74, 6) is 0.296. The van der Waals surface area contributed by atoms with Crippen LogP contribution in [0.2, 0.25) is 0 Å². The average molecular weight is 246 g/mol. The number of aryl methyl sites for hydroxylation is 1. The van der Waals surface area contributed by atoms with Crippen molar-refractivity contribution in [2.24, 2.45) is 0 Å². The molecule has 0 spiro atoms. The van der Waals surface area contributed by atoms with Crippen LogP contribution >= 0.6 is 0 Å². The minimum Gasteiger partial charge on any atom is -0.494 e. The van der Waals surface area contributed by atoms with Crippen LogP contribution in [0.4, 0.5) is 0 Å². The van der Waals surface area contributed by atoms with Crippen molar-refractivity contribution in [2.75, 3.05) is 14.2 Å². The molecule has 0 saturated carbocycles. The van der Waals surface area contributed by atoms with Gasteiger partial charge in [0.15, 0.2) is 0 Å².